The van der Waals surface area contributed by atoms with E-state index in [0.29, 0.717) is 29.5 Å². The second-order valence-corrected chi connectivity index (χ2v) is 6.01. The zero-order chi connectivity index (χ0) is 18.5. The zero-order valence-corrected chi connectivity index (χ0v) is 14.5. The summed E-state index contributed by atoms with van der Waals surface area (Å²) in [5.74, 6) is 1.80. The van der Waals surface area contributed by atoms with E-state index in [-0.39, 0.29) is 25.9 Å². The van der Waals surface area contributed by atoms with Crippen molar-refractivity contribution in [2.75, 3.05) is 13.4 Å². The molecule has 0 saturated carbocycles. The number of rotatable bonds is 7. The van der Waals surface area contributed by atoms with E-state index in [4.69, 9.17) is 18.7 Å². The predicted molar refractivity (Wildman–Crippen MR) is 96.0 cm³/mol. The molecule has 3 aromatic rings. The maximum absolute atomic E-state index is 11.8. The van der Waals surface area contributed by atoms with Gasteiger partial charge in [0.15, 0.2) is 17.3 Å². The standard InChI is InChI=1S/C20H18N2O5/c23-20(21-10-14-4-2-1-3-5-14)12-24-11-16-9-18(27-22-16)15-6-7-17-19(8-15)26-13-25-17/h1-9H,10-13H2,(H,21,23). The summed E-state index contributed by atoms with van der Waals surface area (Å²) in [7, 11) is 0. The number of hydrogen-bond donors (Lipinski definition) is 1. The van der Waals surface area contributed by atoms with Crippen molar-refractivity contribution >= 4 is 5.91 Å². The molecule has 1 aliphatic rings. The summed E-state index contributed by atoms with van der Waals surface area (Å²) in [4.78, 5) is 11.8. The SMILES string of the molecule is O=C(COCc1cc(-c2ccc3c(c2)OCO3)on1)NCc1ccccc1. The zero-order valence-electron chi connectivity index (χ0n) is 14.5. The van der Waals surface area contributed by atoms with E-state index >= 15 is 0 Å². The van der Waals surface area contributed by atoms with E-state index in [1.54, 1.807) is 6.07 Å². The van der Waals surface area contributed by atoms with E-state index in [1.165, 1.54) is 0 Å². The van der Waals surface area contributed by atoms with Gasteiger partial charge in [-0.3, -0.25) is 4.79 Å². The number of amides is 1. The highest BCUT2D eigenvalue weighted by Gasteiger charge is 2.16. The highest BCUT2D eigenvalue weighted by atomic mass is 16.7. The molecule has 4 rings (SSSR count). The van der Waals surface area contributed by atoms with Gasteiger partial charge in [-0.25, -0.2) is 0 Å². The minimum atomic E-state index is -0.182. The minimum Gasteiger partial charge on any atom is -0.454 e. The van der Waals surface area contributed by atoms with Crippen molar-refractivity contribution in [2.24, 2.45) is 0 Å². The van der Waals surface area contributed by atoms with Crippen LogP contribution < -0.4 is 14.8 Å². The van der Waals surface area contributed by atoms with E-state index < -0.39 is 0 Å². The molecule has 2 heterocycles. The molecule has 0 fully saturated rings. The molecule has 1 N–H and O–H groups in total. The molecule has 0 saturated heterocycles. The van der Waals surface area contributed by atoms with Crippen LogP contribution in [0.15, 0.2) is 59.1 Å². The Bertz CT molecular complexity index is 923. The number of ether oxygens (including phenoxy) is 3. The smallest absolute Gasteiger partial charge is 0.246 e. The second-order valence-electron chi connectivity index (χ2n) is 6.01. The van der Waals surface area contributed by atoms with Crippen LogP contribution in [0, 0.1) is 0 Å². The van der Waals surface area contributed by atoms with Crippen LogP contribution in [0.4, 0.5) is 0 Å². The maximum atomic E-state index is 11.8. The lowest BCUT2D eigenvalue weighted by Gasteiger charge is -2.05. The van der Waals surface area contributed by atoms with Crippen LogP contribution in [0.5, 0.6) is 11.5 Å². The molecule has 7 nitrogen and oxygen atoms in total. The molecule has 138 valence electrons. The summed E-state index contributed by atoms with van der Waals surface area (Å²) >= 11 is 0. The van der Waals surface area contributed by atoms with E-state index in [9.17, 15) is 4.79 Å². The molecule has 0 atom stereocenters. The number of carbonyl (C=O) groups is 1. The number of aromatic nitrogens is 1. The molecule has 0 spiro atoms. The first-order valence-electron chi connectivity index (χ1n) is 8.52. The first-order chi connectivity index (χ1) is 13.3. The molecular weight excluding hydrogens is 348 g/mol. The van der Waals surface area contributed by atoms with Crippen molar-refractivity contribution in [1.29, 1.82) is 0 Å². The monoisotopic (exact) mass is 366 g/mol. The van der Waals surface area contributed by atoms with Crippen LogP contribution in [0.25, 0.3) is 11.3 Å². The van der Waals surface area contributed by atoms with Gasteiger partial charge in [0.1, 0.15) is 12.3 Å². The third-order valence-corrected chi connectivity index (χ3v) is 4.03. The molecular formula is C20H18N2O5. The number of nitrogens with one attached hydrogen (secondary N) is 1. The highest BCUT2D eigenvalue weighted by molar-refractivity contribution is 5.77. The van der Waals surface area contributed by atoms with Gasteiger partial charge in [0.05, 0.1) is 6.61 Å². The fourth-order valence-electron chi connectivity index (χ4n) is 2.66. The largest absolute Gasteiger partial charge is 0.454 e. The summed E-state index contributed by atoms with van der Waals surface area (Å²) in [6.07, 6.45) is 0. The van der Waals surface area contributed by atoms with Crippen LogP contribution >= 0.6 is 0 Å². The molecule has 7 heteroatoms. The van der Waals surface area contributed by atoms with Crippen LogP contribution in [0.2, 0.25) is 0 Å². The number of carbonyl (C=O) groups excluding carboxylic acids is 1. The molecule has 1 aromatic heterocycles. The fraction of sp³-hybridized carbons (Fsp3) is 0.200. The number of fused-ring (bicyclic) bond motifs is 1. The fourth-order valence-corrected chi connectivity index (χ4v) is 2.66. The average molecular weight is 366 g/mol. The van der Waals surface area contributed by atoms with Crippen molar-refractivity contribution in [3.8, 4) is 22.8 Å². The molecule has 0 radical (unpaired) electrons. The predicted octanol–water partition coefficient (Wildman–Crippen LogP) is 2.90. The maximum Gasteiger partial charge on any atom is 0.246 e. The lowest BCUT2D eigenvalue weighted by molar-refractivity contribution is -0.126. The van der Waals surface area contributed by atoms with E-state index in [2.05, 4.69) is 10.5 Å². The van der Waals surface area contributed by atoms with E-state index in [0.717, 1.165) is 11.1 Å². The van der Waals surface area contributed by atoms with Gasteiger partial charge in [0, 0.05) is 18.2 Å². The molecule has 1 aliphatic heterocycles. The summed E-state index contributed by atoms with van der Waals surface area (Å²) in [6, 6.07) is 17.0. The normalized spacial score (nSPS) is 12.1. The quantitative estimate of drug-likeness (QED) is 0.692. The lowest BCUT2D eigenvalue weighted by Crippen LogP contribution is -2.27. The third kappa shape index (κ3) is 4.27. The Morgan fingerprint density at radius 3 is 2.81 bits per heavy atom. The Hall–Kier alpha value is -3.32. The van der Waals surface area contributed by atoms with Crippen molar-refractivity contribution in [3.63, 3.8) is 0 Å². The van der Waals surface area contributed by atoms with Crippen molar-refractivity contribution < 1.29 is 23.5 Å². The summed E-state index contributed by atoms with van der Waals surface area (Å²) in [5, 5.41) is 6.78. The number of hydrogen-bond acceptors (Lipinski definition) is 6. The van der Waals surface area contributed by atoms with Crippen LogP contribution in [-0.2, 0) is 22.7 Å². The van der Waals surface area contributed by atoms with Gasteiger partial charge < -0.3 is 24.1 Å². The van der Waals surface area contributed by atoms with Gasteiger partial charge in [0.2, 0.25) is 12.7 Å². The number of benzene rings is 2. The summed E-state index contributed by atoms with van der Waals surface area (Å²) < 4.78 is 21.4. The van der Waals surface area contributed by atoms with Gasteiger partial charge in [-0.1, -0.05) is 35.5 Å². The van der Waals surface area contributed by atoms with Gasteiger partial charge in [-0.2, -0.15) is 0 Å². The summed E-state index contributed by atoms with van der Waals surface area (Å²) in [5.41, 5.74) is 2.48. The van der Waals surface area contributed by atoms with Gasteiger partial charge in [-0.15, -0.1) is 0 Å². The van der Waals surface area contributed by atoms with Crippen LogP contribution in [0.3, 0.4) is 0 Å². The molecule has 0 unspecified atom stereocenters. The highest BCUT2D eigenvalue weighted by Crippen LogP contribution is 2.36. The van der Waals surface area contributed by atoms with Crippen LogP contribution in [-0.4, -0.2) is 24.5 Å². The topological polar surface area (TPSA) is 82.8 Å². The van der Waals surface area contributed by atoms with Gasteiger partial charge in [-0.05, 0) is 23.8 Å². The minimum absolute atomic E-state index is 0.0426. The Labute approximate surface area is 155 Å². The Balaban J connectivity index is 1.25. The molecule has 0 aliphatic carbocycles. The van der Waals surface area contributed by atoms with Gasteiger partial charge in [0.25, 0.3) is 0 Å². The van der Waals surface area contributed by atoms with Crippen molar-refractivity contribution in [1.82, 2.24) is 10.5 Å². The Morgan fingerprint density at radius 1 is 1.07 bits per heavy atom. The average Bonchev–Trinajstić information content (AvgIpc) is 3.36. The lowest BCUT2D eigenvalue weighted by atomic mass is 10.1. The molecule has 0 bridgehead atoms. The Kier molecular flexibility index (Phi) is 5.02. The van der Waals surface area contributed by atoms with E-state index in [1.807, 2.05) is 48.5 Å². The van der Waals surface area contributed by atoms with Crippen LogP contribution in [0.1, 0.15) is 11.3 Å². The first kappa shape index (κ1) is 17.1. The molecule has 1 amide bonds. The molecule has 2 aromatic carbocycles. The van der Waals surface area contributed by atoms with Crippen molar-refractivity contribution in [2.45, 2.75) is 13.2 Å². The van der Waals surface area contributed by atoms with Crippen molar-refractivity contribution in [3.05, 3.63) is 65.9 Å². The molecule has 27 heavy (non-hydrogen) atoms. The summed E-state index contributed by atoms with van der Waals surface area (Å²) in [6.45, 7) is 0.841. The Morgan fingerprint density at radius 2 is 1.93 bits per heavy atom. The second kappa shape index (κ2) is 7.92. The first-order valence-corrected chi connectivity index (χ1v) is 8.52. The third-order valence-electron chi connectivity index (χ3n) is 4.03. The van der Waals surface area contributed by atoms with Gasteiger partial charge >= 0.3 is 0 Å². The number of nitrogens with zero attached hydrogens (tertiary/aromatic N) is 1.